The zero-order valence-corrected chi connectivity index (χ0v) is 15.2. The summed E-state index contributed by atoms with van der Waals surface area (Å²) in [5, 5.41) is 0. The number of allylic oxidation sites excluding steroid dienone is 2. The van der Waals surface area contributed by atoms with Crippen molar-refractivity contribution in [2.24, 2.45) is 5.92 Å². The van der Waals surface area contributed by atoms with Crippen molar-refractivity contribution in [2.75, 3.05) is 46.0 Å². The molecule has 0 N–H and O–H groups in total. The molecule has 1 atom stereocenters. The Morgan fingerprint density at radius 1 is 1.23 bits per heavy atom. The summed E-state index contributed by atoms with van der Waals surface area (Å²) in [5.41, 5.74) is 0.754. The molecule has 0 radical (unpaired) electrons. The summed E-state index contributed by atoms with van der Waals surface area (Å²) in [7, 11) is 0. The van der Waals surface area contributed by atoms with Gasteiger partial charge in [-0.25, -0.2) is 0 Å². The molecule has 2 aliphatic heterocycles. The fraction of sp³-hybridized carbons (Fsp3) is 0.600. The topological polar surface area (TPSA) is 54.9 Å². The van der Waals surface area contributed by atoms with Crippen LogP contribution in [0.25, 0.3) is 0 Å². The predicted octanol–water partition coefficient (Wildman–Crippen LogP) is 1.48. The third-order valence-electron chi connectivity index (χ3n) is 5.47. The first-order valence-electron chi connectivity index (χ1n) is 9.51. The van der Waals surface area contributed by atoms with Crippen molar-refractivity contribution in [3.63, 3.8) is 0 Å². The molecule has 26 heavy (non-hydrogen) atoms. The highest BCUT2D eigenvalue weighted by Gasteiger charge is 2.42. The van der Waals surface area contributed by atoms with Crippen LogP contribution in [0.5, 0.6) is 0 Å². The van der Waals surface area contributed by atoms with Crippen LogP contribution in [0.2, 0.25) is 0 Å². The minimum Gasteiger partial charge on any atom is -0.377 e. The number of nitrogens with zero attached hydrogens (tertiary/aromatic N) is 3. The summed E-state index contributed by atoms with van der Waals surface area (Å²) in [5.74, 6) is 0.379. The van der Waals surface area contributed by atoms with Gasteiger partial charge in [0.1, 0.15) is 5.60 Å². The highest BCUT2D eigenvalue weighted by Crippen LogP contribution is 2.27. The number of hydrogen-bond acceptors (Lipinski definition) is 5. The van der Waals surface area contributed by atoms with Gasteiger partial charge in [-0.05, 0) is 24.5 Å². The first kappa shape index (κ1) is 17.6. The number of hydrogen-bond donors (Lipinski definition) is 0. The molecule has 6 nitrogen and oxygen atoms in total. The maximum absolute atomic E-state index is 12.9. The van der Waals surface area contributed by atoms with E-state index in [-0.39, 0.29) is 11.8 Å². The van der Waals surface area contributed by atoms with Crippen LogP contribution >= 0.6 is 0 Å². The second kappa shape index (κ2) is 7.86. The van der Waals surface area contributed by atoms with Crippen LogP contribution in [-0.4, -0.2) is 72.3 Å². The summed E-state index contributed by atoms with van der Waals surface area (Å²) < 4.78 is 12.1. The van der Waals surface area contributed by atoms with Gasteiger partial charge in [0.25, 0.3) is 0 Å². The molecule has 0 bridgehead atoms. The van der Waals surface area contributed by atoms with E-state index in [1.165, 1.54) is 5.56 Å². The lowest BCUT2D eigenvalue weighted by Crippen LogP contribution is -2.60. The van der Waals surface area contributed by atoms with E-state index >= 15 is 0 Å². The zero-order valence-electron chi connectivity index (χ0n) is 15.2. The van der Waals surface area contributed by atoms with Gasteiger partial charge in [-0.2, -0.15) is 0 Å². The lowest BCUT2D eigenvalue weighted by atomic mass is 9.99. The molecule has 1 aromatic heterocycles. The van der Waals surface area contributed by atoms with Crippen LogP contribution in [0.1, 0.15) is 18.4 Å². The van der Waals surface area contributed by atoms with Gasteiger partial charge in [0.15, 0.2) is 0 Å². The van der Waals surface area contributed by atoms with E-state index in [4.69, 9.17) is 9.47 Å². The number of ether oxygens (including phenoxy) is 2. The standard InChI is InChI=1S/C20H27N3O3/c24-19(18-5-1-2-6-18)23-9-11-26-20(15-23)14-22(8-10-25-16-20)13-17-4-3-7-21-12-17/h1-4,7,12,18H,5-6,8-11,13-16H2/t20-/m1/s1. The lowest BCUT2D eigenvalue weighted by molar-refractivity contribution is -0.164. The van der Waals surface area contributed by atoms with Gasteiger partial charge in [0, 0.05) is 44.5 Å². The maximum atomic E-state index is 12.9. The molecule has 140 valence electrons. The number of carbonyl (C=O) groups excluding carboxylic acids is 1. The molecule has 3 heterocycles. The summed E-state index contributed by atoms with van der Waals surface area (Å²) in [6.45, 7) is 5.56. The van der Waals surface area contributed by atoms with Crippen LogP contribution in [0.3, 0.4) is 0 Å². The minimum atomic E-state index is -0.432. The first-order chi connectivity index (χ1) is 12.7. The fourth-order valence-electron chi connectivity index (χ4n) is 4.16. The van der Waals surface area contributed by atoms with Gasteiger partial charge in [-0.3, -0.25) is 14.7 Å². The monoisotopic (exact) mass is 357 g/mol. The average molecular weight is 357 g/mol. The number of rotatable bonds is 3. The van der Waals surface area contributed by atoms with E-state index in [1.807, 2.05) is 17.2 Å². The van der Waals surface area contributed by atoms with Crippen molar-refractivity contribution in [1.82, 2.24) is 14.8 Å². The molecule has 4 rings (SSSR count). The molecule has 0 aromatic carbocycles. The van der Waals surface area contributed by atoms with E-state index < -0.39 is 5.60 Å². The van der Waals surface area contributed by atoms with Crippen molar-refractivity contribution in [3.8, 4) is 0 Å². The molecule has 2 fully saturated rings. The normalized spacial score (nSPS) is 27.8. The Hall–Kier alpha value is -1.76. The molecule has 0 saturated carbocycles. The highest BCUT2D eigenvalue weighted by molar-refractivity contribution is 5.79. The van der Waals surface area contributed by atoms with E-state index in [2.05, 4.69) is 28.1 Å². The largest absolute Gasteiger partial charge is 0.377 e. The number of amides is 1. The summed E-state index contributed by atoms with van der Waals surface area (Å²) in [6, 6.07) is 4.06. The number of morpholine rings is 1. The average Bonchev–Trinajstić information content (AvgIpc) is 3.14. The Morgan fingerprint density at radius 2 is 2.12 bits per heavy atom. The molecule has 2 saturated heterocycles. The van der Waals surface area contributed by atoms with Crippen molar-refractivity contribution in [3.05, 3.63) is 42.2 Å². The Kier molecular flexibility index (Phi) is 5.33. The van der Waals surface area contributed by atoms with Crippen molar-refractivity contribution >= 4 is 5.91 Å². The highest BCUT2D eigenvalue weighted by atomic mass is 16.5. The molecular weight excluding hydrogens is 330 g/mol. The smallest absolute Gasteiger partial charge is 0.226 e. The molecule has 6 heteroatoms. The SMILES string of the molecule is O=C(C1CC=CC1)N1CCO[C@@]2(COCCN(Cc3cccnc3)C2)C1. The molecule has 1 amide bonds. The molecule has 1 aromatic rings. The van der Waals surface area contributed by atoms with Crippen molar-refractivity contribution in [2.45, 2.75) is 25.0 Å². The Bertz CT molecular complexity index is 643. The van der Waals surface area contributed by atoms with Crippen molar-refractivity contribution < 1.29 is 14.3 Å². The van der Waals surface area contributed by atoms with Crippen LogP contribution in [-0.2, 0) is 20.8 Å². The molecular formula is C20H27N3O3. The summed E-state index contributed by atoms with van der Waals surface area (Å²) in [6.07, 6.45) is 9.66. The minimum absolute atomic E-state index is 0.114. The van der Waals surface area contributed by atoms with Gasteiger partial charge in [0.05, 0.1) is 26.4 Å². The second-order valence-electron chi connectivity index (χ2n) is 7.56. The van der Waals surface area contributed by atoms with Gasteiger partial charge < -0.3 is 14.4 Å². The maximum Gasteiger partial charge on any atom is 0.226 e. The predicted molar refractivity (Wildman–Crippen MR) is 97.5 cm³/mol. The van der Waals surface area contributed by atoms with E-state index in [1.54, 1.807) is 6.20 Å². The van der Waals surface area contributed by atoms with E-state index in [0.29, 0.717) is 32.9 Å². The molecule has 1 aliphatic carbocycles. The summed E-state index contributed by atoms with van der Waals surface area (Å²) in [4.78, 5) is 21.4. The quantitative estimate of drug-likeness (QED) is 0.767. The Balaban J connectivity index is 1.44. The van der Waals surface area contributed by atoms with E-state index in [0.717, 1.165) is 32.5 Å². The van der Waals surface area contributed by atoms with Gasteiger partial charge in [-0.1, -0.05) is 18.2 Å². The Morgan fingerprint density at radius 3 is 2.92 bits per heavy atom. The Labute approximate surface area is 154 Å². The second-order valence-corrected chi connectivity index (χ2v) is 7.56. The lowest BCUT2D eigenvalue weighted by Gasteiger charge is -2.44. The van der Waals surface area contributed by atoms with Crippen LogP contribution in [0, 0.1) is 5.92 Å². The third kappa shape index (κ3) is 3.98. The third-order valence-corrected chi connectivity index (χ3v) is 5.47. The van der Waals surface area contributed by atoms with Gasteiger partial charge in [0.2, 0.25) is 5.91 Å². The number of aromatic nitrogens is 1. The first-order valence-corrected chi connectivity index (χ1v) is 9.51. The molecule has 1 spiro atoms. The molecule has 3 aliphatic rings. The van der Waals surface area contributed by atoms with Crippen LogP contribution in [0.4, 0.5) is 0 Å². The fourth-order valence-corrected chi connectivity index (χ4v) is 4.16. The van der Waals surface area contributed by atoms with Gasteiger partial charge in [-0.15, -0.1) is 0 Å². The number of carbonyl (C=O) groups is 1. The van der Waals surface area contributed by atoms with Crippen molar-refractivity contribution in [1.29, 1.82) is 0 Å². The summed E-state index contributed by atoms with van der Waals surface area (Å²) >= 11 is 0. The zero-order chi connectivity index (χ0) is 17.8. The molecule has 0 unspecified atom stereocenters. The number of pyridine rings is 1. The van der Waals surface area contributed by atoms with Gasteiger partial charge >= 0.3 is 0 Å². The van der Waals surface area contributed by atoms with Crippen LogP contribution < -0.4 is 0 Å². The van der Waals surface area contributed by atoms with Crippen LogP contribution in [0.15, 0.2) is 36.7 Å². The van der Waals surface area contributed by atoms with E-state index in [9.17, 15) is 4.79 Å².